The molecule has 0 bridgehead atoms. The molecule has 2 heteroatoms. The van der Waals surface area contributed by atoms with E-state index in [0.29, 0.717) is 0 Å². The molecule has 0 fully saturated rings. The highest BCUT2D eigenvalue weighted by atomic mass is 14.8. The third-order valence-corrected chi connectivity index (χ3v) is 2.82. The molecule has 1 aliphatic carbocycles. The largest absolute Gasteiger partial charge is 0.330 e. The molecule has 0 amide bonds. The minimum atomic E-state index is 0.826. The van der Waals surface area contributed by atoms with E-state index in [4.69, 9.17) is 5.73 Å². The zero-order valence-electron chi connectivity index (χ0n) is 9.23. The van der Waals surface area contributed by atoms with Gasteiger partial charge in [0.2, 0.25) is 0 Å². The lowest BCUT2D eigenvalue weighted by atomic mass is 9.97. The number of hydrogen-bond donors (Lipinski definition) is 2. The van der Waals surface area contributed by atoms with Gasteiger partial charge >= 0.3 is 0 Å². The van der Waals surface area contributed by atoms with Crippen molar-refractivity contribution in [3.8, 4) is 0 Å². The quantitative estimate of drug-likeness (QED) is 0.484. The van der Waals surface area contributed by atoms with Crippen LogP contribution in [0.2, 0.25) is 0 Å². The van der Waals surface area contributed by atoms with Gasteiger partial charge in [0.05, 0.1) is 0 Å². The first-order valence-corrected chi connectivity index (χ1v) is 6.02. The molecule has 0 aliphatic heterocycles. The Kier molecular flexibility index (Phi) is 6.71. The van der Waals surface area contributed by atoms with Gasteiger partial charge in [0.25, 0.3) is 0 Å². The van der Waals surface area contributed by atoms with E-state index in [2.05, 4.69) is 11.4 Å². The minimum Gasteiger partial charge on any atom is -0.330 e. The molecule has 1 aliphatic rings. The summed E-state index contributed by atoms with van der Waals surface area (Å²) >= 11 is 0. The first kappa shape index (κ1) is 11.7. The molecule has 0 spiro atoms. The van der Waals surface area contributed by atoms with Crippen LogP contribution in [0.5, 0.6) is 0 Å². The number of nitrogens with one attached hydrogen (secondary N) is 1. The predicted molar refractivity (Wildman–Crippen MR) is 62.3 cm³/mol. The van der Waals surface area contributed by atoms with E-state index in [-0.39, 0.29) is 0 Å². The standard InChI is InChI=1S/C12H24N2/c13-9-4-5-10-14-11-8-12-6-2-1-3-7-12/h6,14H,1-5,7-11,13H2. The van der Waals surface area contributed by atoms with E-state index < -0.39 is 0 Å². The lowest BCUT2D eigenvalue weighted by molar-refractivity contribution is 0.605. The van der Waals surface area contributed by atoms with Crippen molar-refractivity contribution in [2.75, 3.05) is 19.6 Å². The molecule has 0 aromatic heterocycles. The van der Waals surface area contributed by atoms with Crippen LogP contribution in [0.3, 0.4) is 0 Å². The summed E-state index contributed by atoms with van der Waals surface area (Å²) in [5, 5.41) is 3.47. The van der Waals surface area contributed by atoms with Crippen LogP contribution in [0.15, 0.2) is 11.6 Å². The molecule has 0 heterocycles. The molecule has 14 heavy (non-hydrogen) atoms. The molecule has 0 saturated heterocycles. The Morgan fingerprint density at radius 1 is 1.21 bits per heavy atom. The second-order valence-corrected chi connectivity index (χ2v) is 4.10. The van der Waals surface area contributed by atoms with Gasteiger partial charge < -0.3 is 11.1 Å². The summed E-state index contributed by atoms with van der Waals surface area (Å²) in [7, 11) is 0. The average Bonchev–Trinajstić information content (AvgIpc) is 2.25. The molecule has 3 N–H and O–H groups in total. The number of rotatable bonds is 7. The zero-order chi connectivity index (χ0) is 10.1. The Hall–Kier alpha value is -0.340. The van der Waals surface area contributed by atoms with Crippen molar-refractivity contribution in [3.05, 3.63) is 11.6 Å². The summed E-state index contributed by atoms with van der Waals surface area (Å²) < 4.78 is 0. The Morgan fingerprint density at radius 3 is 2.86 bits per heavy atom. The Bertz CT molecular complexity index is 164. The molecule has 82 valence electrons. The number of allylic oxidation sites excluding steroid dienone is 1. The van der Waals surface area contributed by atoms with Crippen LogP contribution >= 0.6 is 0 Å². The summed E-state index contributed by atoms with van der Waals surface area (Å²) in [6.45, 7) is 3.10. The summed E-state index contributed by atoms with van der Waals surface area (Å²) in [6, 6.07) is 0. The van der Waals surface area contributed by atoms with E-state index in [9.17, 15) is 0 Å². The molecule has 2 nitrogen and oxygen atoms in total. The first-order valence-electron chi connectivity index (χ1n) is 6.02. The molecule has 0 aromatic rings. The van der Waals surface area contributed by atoms with Crippen LogP contribution < -0.4 is 11.1 Å². The van der Waals surface area contributed by atoms with Gasteiger partial charge in [-0.25, -0.2) is 0 Å². The minimum absolute atomic E-state index is 0.826. The summed E-state index contributed by atoms with van der Waals surface area (Å²) in [4.78, 5) is 0. The summed E-state index contributed by atoms with van der Waals surface area (Å²) in [5.41, 5.74) is 7.09. The van der Waals surface area contributed by atoms with Crippen molar-refractivity contribution in [1.82, 2.24) is 5.32 Å². The molecule has 0 saturated carbocycles. The zero-order valence-corrected chi connectivity index (χ0v) is 9.23. The van der Waals surface area contributed by atoms with Crippen LogP contribution in [-0.4, -0.2) is 19.6 Å². The lowest BCUT2D eigenvalue weighted by Crippen LogP contribution is -2.18. The topological polar surface area (TPSA) is 38.0 Å². The van der Waals surface area contributed by atoms with Crippen LogP contribution in [0, 0.1) is 0 Å². The maximum atomic E-state index is 5.42. The maximum absolute atomic E-state index is 5.42. The molecule has 0 aromatic carbocycles. The van der Waals surface area contributed by atoms with Crippen molar-refractivity contribution in [2.45, 2.75) is 44.9 Å². The molecular formula is C12H24N2. The fourth-order valence-corrected chi connectivity index (χ4v) is 1.90. The van der Waals surface area contributed by atoms with Crippen molar-refractivity contribution in [2.24, 2.45) is 5.73 Å². The van der Waals surface area contributed by atoms with Gasteiger partial charge in [-0.3, -0.25) is 0 Å². The van der Waals surface area contributed by atoms with Gasteiger partial charge in [-0.2, -0.15) is 0 Å². The third kappa shape index (κ3) is 5.40. The summed E-state index contributed by atoms with van der Waals surface area (Å²) in [6.07, 6.45) is 11.5. The molecule has 0 radical (unpaired) electrons. The van der Waals surface area contributed by atoms with E-state index in [1.807, 2.05) is 0 Å². The second kappa shape index (κ2) is 8.01. The molecule has 0 unspecified atom stereocenters. The van der Waals surface area contributed by atoms with Gasteiger partial charge in [0.15, 0.2) is 0 Å². The Morgan fingerprint density at radius 2 is 2.14 bits per heavy atom. The van der Waals surface area contributed by atoms with Gasteiger partial charge in [-0.1, -0.05) is 11.6 Å². The fraction of sp³-hybridized carbons (Fsp3) is 0.833. The highest BCUT2D eigenvalue weighted by Gasteiger charge is 2.02. The van der Waals surface area contributed by atoms with Crippen molar-refractivity contribution < 1.29 is 0 Å². The average molecular weight is 196 g/mol. The van der Waals surface area contributed by atoms with Crippen molar-refractivity contribution in [1.29, 1.82) is 0 Å². The van der Waals surface area contributed by atoms with E-state index >= 15 is 0 Å². The number of hydrogen-bond acceptors (Lipinski definition) is 2. The fourth-order valence-electron chi connectivity index (χ4n) is 1.90. The van der Waals surface area contributed by atoms with Gasteiger partial charge in [0.1, 0.15) is 0 Å². The molecular weight excluding hydrogens is 172 g/mol. The van der Waals surface area contributed by atoms with Gasteiger partial charge in [0, 0.05) is 0 Å². The summed E-state index contributed by atoms with van der Waals surface area (Å²) in [5.74, 6) is 0. The Balaban J connectivity index is 1.90. The smallest absolute Gasteiger partial charge is 0.00116 e. The van der Waals surface area contributed by atoms with Crippen LogP contribution in [0.4, 0.5) is 0 Å². The highest BCUT2D eigenvalue weighted by molar-refractivity contribution is 5.04. The normalized spacial score (nSPS) is 16.8. The number of unbranched alkanes of at least 4 members (excludes halogenated alkanes) is 1. The van der Waals surface area contributed by atoms with Gasteiger partial charge in [-0.05, 0) is 64.6 Å². The van der Waals surface area contributed by atoms with Crippen LogP contribution in [0.1, 0.15) is 44.9 Å². The van der Waals surface area contributed by atoms with Crippen LogP contribution in [-0.2, 0) is 0 Å². The van der Waals surface area contributed by atoms with Crippen molar-refractivity contribution >= 4 is 0 Å². The second-order valence-electron chi connectivity index (χ2n) is 4.10. The highest BCUT2D eigenvalue weighted by Crippen LogP contribution is 2.19. The van der Waals surface area contributed by atoms with Crippen LogP contribution in [0.25, 0.3) is 0 Å². The predicted octanol–water partition coefficient (Wildman–Crippen LogP) is 2.21. The lowest BCUT2D eigenvalue weighted by Gasteiger charge is -2.12. The van der Waals surface area contributed by atoms with E-state index in [1.54, 1.807) is 5.57 Å². The number of nitrogens with two attached hydrogens (primary N) is 1. The third-order valence-electron chi connectivity index (χ3n) is 2.82. The van der Waals surface area contributed by atoms with Crippen molar-refractivity contribution in [3.63, 3.8) is 0 Å². The Labute approximate surface area is 87.9 Å². The molecule has 1 rings (SSSR count). The first-order chi connectivity index (χ1) is 6.93. The monoisotopic (exact) mass is 196 g/mol. The van der Waals surface area contributed by atoms with E-state index in [1.165, 1.54) is 38.5 Å². The van der Waals surface area contributed by atoms with E-state index in [0.717, 1.165) is 26.1 Å². The maximum Gasteiger partial charge on any atom is -0.00116 e. The molecule has 0 atom stereocenters. The SMILES string of the molecule is NCCCCNCCC1=CCCCC1. The van der Waals surface area contributed by atoms with Gasteiger partial charge in [-0.15, -0.1) is 0 Å².